The molecule has 0 bridgehead atoms. The highest BCUT2D eigenvalue weighted by Gasteiger charge is 2.52. The molecule has 1 heterocycles. The van der Waals surface area contributed by atoms with Gasteiger partial charge in [0, 0.05) is 6.42 Å². The molecule has 94 valence electrons. The van der Waals surface area contributed by atoms with Gasteiger partial charge < -0.3 is 25.2 Å². The Hall–Kier alpha value is -0.980. The maximum atomic E-state index is 10.1. The Morgan fingerprint density at radius 3 is 2.35 bits per heavy atom. The van der Waals surface area contributed by atoms with Crippen LogP contribution >= 0.6 is 0 Å². The minimum Gasteiger partial charge on any atom is -0.394 e. The topological polar surface area (TPSA) is 90.2 Å². The van der Waals surface area contributed by atoms with Gasteiger partial charge in [-0.05, 0) is 5.56 Å². The van der Waals surface area contributed by atoms with Crippen LogP contribution in [0, 0.1) is 0 Å². The van der Waals surface area contributed by atoms with Crippen molar-refractivity contribution in [1.82, 2.24) is 0 Å². The van der Waals surface area contributed by atoms with Crippen LogP contribution in [-0.2, 0) is 11.2 Å². The van der Waals surface area contributed by atoms with E-state index in [1.807, 2.05) is 6.07 Å². The molecule has 4 atom stereocenters. The zero-order valence-electron chi connectivity index (χ0n) is 9.23. The van der Waals surface area contributed by atoms with Crippen LogP contribution in [0.3, 0.4) is 0 Å². The highest BCUT2D eigenvalue weighted by Crippen LogP contribution is 2.31. The van der Waals surface area contributed by atoms with Crippen molar-refractivity contribution in [3.63, 3.8) is 0 Å². The van der Waals surface area contributed by atoms with Crippen molar-refractivity contribution < 1.29 is 25.2 Å². The molecule has 0 saturated carbocycles. The average Bonchev–Trinajstić information content (AvgIpc) is 2.55. The van der Waals surface area contributed by atoms with Crippen LogP contribution in [0.15, 0.2) is 30.3 Å². The lowest BCUT2D eigenvalue weighted by atomic mass is 9.98. The largest absolute Gasteiger partial charge is 0.394 e. The predicted octanol–water partition coefficient (Wildman–Crippen LogP) is -0.969. The zero-order valence-corrected chi connectivity index (χ0v) is 9.23. The third-order valence-electron chi connectivity index (χ3n) is 3.00. The SMILES string of the molecule is OC[C@H]1OC(O)(Cc2ccccc2)[C@H](O)[C@@H]1O. The van der Waals surface area contributed by atoms with Crippen LogP contribution < -0.4 is 0 Å². The summed E-state index contributed by atoms with van der Waals surface area (Å²) in [5.74, 6) is -1.85. The molecule has 0 amide bonds. The number of rotatable bonds is 3. The minimum absolute atomic E-state index is 0.0581. The lowest BCUT2D eigenvalue weighted by molar-refractivity contribution is -0.229. The Bertz CT molecular complexity index is 368. The summed E-state index contributed by atoms with van der Waals surface area (Å²) < 4.78 is 5.13. The third kappa shape index (κ3) is 2.34. The van der Waals surface area contributed by atoms with Crippen LogP contribution in [-0.4, -0.2) is 51.1 Å². The van der Waals surface area contributed by atoms with E-state index in [9.17, 15) is 15.3 Å². The molecular formula is C12H16O5. The third-order valence-corrected chi connectivity index (χ3v) is 3.00. The van der Waals surface area contributed by atoms with E-state index >= 15 is 0 Å². The second-order valence-electron chi connectivity index (χ2n) is 4.28. The zero-order chi connectivity index (χ0) is 12.5. The maximum absolute atomic E-state index is 10.1. The fourth-order valence-electron chi connectivity index (χ4n) is 2.05. The van der Waals surface area contributed by atoms with Gasteiger partial charge in [-0.15, -0.1) is 0 Å². The molecule has 1 saturated heterocycles. The first-order valence-corrected chi connectivity index (χ1v) is 5.48. The van der Waals surface area contributed by atoms with Crippen molar-refractivity contribution in [2.24, 2.45) is 0 Å². The summed E-state index contributed by atoms with van der Waals surface area (Å²) in [6.07, 6.45) is -3.62. The van der Waals surface area contributed by atoms with Crippen molar-refractivity contribution in [1.29, 1.82) is 0 Å². The monoisotopic (exact) mass is 240 g/mol. The van der Waals surface area contributed by atoms with Crippen LogP contribution in [0.2, 0.25) is 0 Å². The molecule has 5 nitrogen and oxygen atoms in total. The highest BCUT2D eigenvalue weighted by molar-refractivity contribution is 5.17. The first-order valence-electron chi connectivity index (χ1n) is 5.48. The fraction of sp³-hybridized carbons (Fsp3) is 0.500. The summed E-state index contributed by atoms with van der Waals surface area (Å²) in [5, 5.41) is 38.4. The van der Waals surface area contributed by atoms with Crippen LogP contribution in [0.5, 0.6) is 0 Å². The van der Waals surface area contributed by atoms with E-state index in [-0.39, 0.29) is 6.42 Å². The number of aliphatic hydroxyl groups is 4. The number of ether oxygens (including phenoxy) is 1. The number of aliphatic hydroxyl groups excluding tert-OH is 3. The molecule has 1 aromatic rings. The van der Waals surface area contributed by atoms with Gasteiger partial charge in [0.2, 0.25) is 0 Å². The Morgan fingerprint density at radius 2 is 1.82 bits per heavy atom. The molecular weight excluding hydrogens is 224 g/mol. The van der Waals surface area contributed by atoms with Gasteiger partial charge in [-0.2, -0.15) is 0 Å². The van der Waals surface area contributed by atoms with Crippen LogP contribution in [0.4, 0.5) is 0 Å². The Balaban J connectivity index is 2.15. The smallest absolute Gasteiger partial charge is 0.199 e. The van der Waals surface area contributed by atoms with Crippen LogP contribution in [0.1, 0.15) is 5.56 Å². The quantitative estimate of drug-likeness (QED) is 0.546. The second-order valence-corrected chi connectivity index (χ2v) is 4.28. The first-order chi connectivity index (χ1) is 8.07. The second kappa shape index (κ2) is 4.72. The van der Waals surface area contributed by atoms with Gasteiger partial charge in [0.25, 0.3) is 0 Å². The van der Waals surface area contributed by atoms with E-state index < -0.39 is 30.7 Å². The molecule has 17 heavy (non-hydrogen) atoms. The number of benzene rings is 1. The Morgan fingerprint density at radius 1 is 1.18 bits per heavy atom. The summed E-state index contributed by atoms with van der Waals surface area (Å²) >= 11 is 0. The molecule has 1 aromatic carbocycles. The summed E-state index contributed by atoms with van der Waals surface area (Å²) in [5.41, 5.74) is 0.778. The summed E-state index contributed by atoms with van der Waals surface area (Å²) in [7, 11) is 0. The first kappa shape index (κ1) is 12.5. The average molecular weight is 240 g/mol. The normalized spacial score (nSPS) is 37.3. The predicted molar refractivity (Wildman–Crippen MR) is 59.1 cm³/mol. The Kier molecular flexibility index (Phi) is 3.46. The van der Waals surface area contributed by atoms with E-state index in [0.717, 1.165) is 5.56 Å². The van der Waals surface area contributed by atoms with Crippen molar-refractivity contribution in [3.05, 3.63) is 35.9 Å². The van der Waals surface area contributed by atoms with Gasteiger partial charge in [-0.3, -0.25) is 0 Å². The van der Waals surface area contributed by atoms with Crippen molar-refractivity contribution in [3.8, 4) is 0 Å². The van der Waals surface area contributed by atoms with Gasteiger partial charge in [0.1, 0.15) is 18.3 Å². The molecule has 1 aliphatic heterocycles. The van der Waals surface area contributed by atoms with Gasteiger partial charge in [-0.25, -0.2) is 0 Å². The molecule has 0 spiro atoms. The molecule has 4 N–H and O–H groups in total. The number of hydrogen-bond acceptors (Lipinski definition) is 5. The van der Waals surface area contributed by atoms with Crippen molar-refractivity contribution in [2.45, 2.75) is 30.5 Å². The molecule has 0 aromatic heterocycles. The van der Waals surface area contributed by atoms with Crippen molar-refractivity contribution in [2.75, 3.05) is 6.61 Å². The maximum Gasteiger partial charge on any atom is 0.199 e. The summed E-state index contributed by atoms with van der Waals surface area (Å²) in [6, 6.07) is 9.02. The van der Waals surface area contributed by atoms with Gasteiger partial charge in [0.05, 0.1) is 6.61 Å². The minimum atomic E-state index is -1.85. The lowest BCUT2D eigenvalue weighted by Crippen LogP contribution is -2.44. The lowest BCUT2D eigenvalue weighted by Gasteiger charge is -2.26. The van der Waals surface area contributed by atoms with Gasteiger partial charge in [0.15, 0.2) is 5.79 Å². The van der Waals surface area contributed by atoms with Crippen LogP contribution in [0.25, 0.3) is 0 Å². The molecule has 1 fully saturated rings. The standard InChI is InChI=1S/C12H16O5/c13-7-9-10(14)11(15)12(16,17-9)6-8-4-2-1-3-5-8/h1-5,9-11,13-16H,6-7H2/t9-,10-,11-,12?/m1/s1. The fourth-order valence-corrected chi connectivity index (χ4v) is 2.05. The van der Waals surface area contributed by atoms with Crippen molar-refractivity contribution >= 4 is 0 Å². The molecule has 5 heteroatoms. The van der Waals surface area contributed by atoms with E-state index in [0.29, 0.717) is 0 Å². The van der Waals surface area contributed by atoms with E-state index in [1.165, 1.54) is 0 Å². The molecule has 1 unspecified atom stereocenters. The Labute approximate surface area is 98.9 Å². The summed E-state index contributed by atoms with van der Waals surface area (Å²) in [4.78, 5) is 0. The molecule has 1 aliphatic rings. The van der Waals surface area contributed by atoms with E-state index in [1.54, 1.807) is 24.3 Å². The van der Waals surface area contributed by atoms with E-state index in [4.69, 9.17) is 9.84 Å². The molecule has 0 aliphatic carbocycles. The van der Waals surface area contributed by atoms with Gasteiger partial charge in [-0.1, -0.05) is 30.3 Å². The summed E-state index contributed by atoms with van der Waals surface area (Å²) in [6.45, 7) is -0.449. The molecule has 2 rings (SSSR count). The van der Waals surface area contributed by atoms with E-state index in [2.05, 4.69) is 0 Å². The number of hydrogen-bond donors (Lipinski definition) is 4. The van der Waals surface area contributed by atoms with Gasteiger partial charge >= 0.3 is 0 Å². The highest BCUT2D eigenvalue weighted by atomic mass is 16.7. The molecule has 0 radical (unpaired) electrons.